The van der Waals surface area contributed by atoms with Crippen molar-refractivity contribution in [2.75, 3.05) is 13.7 Å². The van der Waals surface area contributed by atoms with Crippen LogP contribution >= 0.6 is 0 Å². The molecule has 3 rings (SSSR count). The molecule has 1 aromatic heterocycles. The minimum absolute atomic E-state index is 0.264. The summed E-state index contributed by atoms with van der Waals surface area (Å²) in [5.74, 6) is 0. The van der Waals surface area contributed by atoms with Gasteiger partial charge in [-0.3, -0.25) is 0 Å². The van der Waals surface area contributed by atoms with Gasteiger partial charge < -0.3 is 18.9 Å². The molecule has 5 nitrogen and oxygen atoms in total. The van der Waals surface area contributed by atoms with Gasteiger partial charge in [-0.2, -0.15) is 0 Å². The normalized spacial score (nSPS) is 15.5. The van der Waals surface area contributed by atoms with E-state index >= 15 is 0 Å². The number of para-hydroxylation sites is 1. The fourth-order valence-electron chi connectivity index (χ4n) is 3.56. The molecule has 0 bridgehead atoms. The molecular formula is C21H28N2O3. The lowest BCUT2D eigenvalue weighted by Crippen LogP contribution is -2.37. The Balaban J connectivity index is 2.08. The number of hydrogen-bond donors (Lipinski definition) is 0. The lowest BCUT2D eigenvalue weighted by Gasteiger charge is -2.29. The Morgan fingerprint density at radius 1 is 1.27 bits per heavy atom. The molecule has 0 N–H and O–H groups in total. The number of rotatable bonds is 2. The average Bonchev–Trinajstić information content (AvgIpc) is 2.84. The van der Waals surface area contributed by atoms with Crippen LogP contribution in [0.2, 0.25) is 0 Å². The van der Waals surface area contributed by atoms with E-state index in [0.717, 1.165) is 40.6 Å². The number of fused-ring (bicyclic) bond motifs is 3. The van der Waals surface area contributed by atoms with Gasteiger partial charge in [0.15, 0.2) is 0 Å². The van der Waals surface area contributed by atoms with Crippen LogP contribution in [0.4, 0.5) is 4.79 Å². The second-order valence-electron chi connectivity index (χ2n) is 7.80. The topological polar surface area (TPSA) is 43.7 Å². The maximum atomic E-state index is 12.7. The van der Waals surface area contributed by atoms with Crippen molar-refractivity contribution in [1.29, 1.82) is 0 Å². The first-order valence-corrected chi connectivity index (χ1v) is 9.07. The third-order valence-electron chi connectivity index (χ3n) is 4.58. The minimum Gasteiger partial charge on any atom is -0.444 e. The summed E-state index contributed by atoms with van der Waals surface area (Å²) in [4.78, 5) is 14.5. The summed E-state index contributed by atoms with van der Waals surface area (Å²) in [5.41, 5.74) is 3.90. The molecule has 26 heavy (non-hydrogen) atoms. The maximum Gasteiger partial charge on any atom is 0.410 e. The second-order valence-corrected chi connectivity index (χ2v) is 7.80. The van der Waals surface area contributed by atoms with E-state index in [-0.39, 0.29) is 6.09 Å². The summed E-state index contributed by atoms with van der Waals surface area (Å²) in [7, 11) is 1.69. The first kappa shape index (κ1) is 18.5. The number of aromatic nitrogens is 1. The van der Waals surface area contributed by atoms with Gasteiger partial charge in [-0.05, 0) is 45.3 Å². The SMILES string of the molecule is C=C1CCCN(C(=O)OC(C)(C)C)Cc2c1n(COC)c1ccccc21. The fourth-order valence-corrected chi connectivity index (χ4v) is 3.56. The van der Waals surface area contributed by atoms with Crippen LogP contribution in [0.25, 0.3) is 16.5 Å². The van der Waals surface area contributed by atoms with Crippen LogP contribution in [0, 0.1) is 0 Å². The Hall–Kier alpha value is -2.27. The van der Waals surface area contributed by atoms with E-state index < -0.39 is 5.60 Å². The maximum absolute atomic E-state index is 12.7. The van der Waals surface area contributed by atoms with Crippen molar-refractivity contribution in [3.8, 4) is 0 Å². The van der Waals surface area contributed by atoms with Crippen LogP contribution in [0.3, 0.4) is 0 Å². The zero-order valence-electron chi connectivity index (χ0n) is 16.2. The molecule has 0 radical (unpaired) electrons. The second kappa shape index (κ2) is 7.16. The standard InChI is InChI=1S/C21H28N2O3/c1-15-9-8-12-22(20(24)26-21(2,3)4)13-17-16-10-6-7-11-18(16)23(14-25-5)19(15)17/h6-7,10-11H,1,8-9,12-14H2,2-5H3. The van der Waals surface area contributed by atoms with Gasteiger partial charge in [-0.15, -0.1) is 0 Å². The van der Waals surface area contributed by atoms with E-state index in [4.69, 9.17) is 9.47 Å². The first-order chi connectivity index (χ1) is 12.3. The molecule has 0 aliphatic carbocycles. The molecule has 0 spiro atoms. The third kappa shape index (κ3) is 3.63. The van der Waals surface area contributed by atoms with E-state index in [1.165, 1.54) is 0 Å². The smallest absolute Gasteiger partial charge is 0.410 e. The number of carbonyl (C=O) groups excluding carboxylic acids is 1. The third-order valence-corrected chi connectivity index (χ3v) is 4.58. The summed E-state index contributed by atoms with van der Waals surface area (Å²) in [6.45, 7) is 11.6. The van der Waals surface area contributed by atoms with Crippen molar-refractivity contribution in [1.82, 2.24) is 9.47 Å². The summed E-state index contributed by atoms with van der Waals surface area (Å²) < 4.78 is 13.2. The molecule has 1 aliphatic rings. The fraction of sp³-hybridized carbons (Fsp3) is 0.476. The predicted octanol–water partition coefficient (Wildman–Crippen LogP) is 4.79. The summed E-state index contributed by atoms with van der Waals surface area (Å²) >= 11 is 0. The lowest BCUT2D eigenvalue weighted by molar-refractivity contribution is 0.0231. The molecule has 1 amide bonds. The molecule has 0 saturated heterocycles. The van der Waals surface area contributed by atoms with Crippen molar-refractivity contribution >= 4 is 22.6 Å². The summed E-state index contributed by atoms with van der Waals surface area (Å²) in [6, 6.07) is 8.24. The zero-order valence-corrected chi connectivity index (χ0v) is 16.2. The molecular weight excluding hydrogens is 328 g/mol. The Labute approximate surface area is 155 Å². The van der Waals surface area contributed by atoms with Gasteiger partial charge in [-0.1, -0.05) is 24.8 Å². The first-order valence-electron chi connectivity index (χ1n) is 9.07. The van der Waals surface area contributed by atoms with E-state index in [1.807, 2.05) is 32.9 Å². The highest BCUT2D eigenvalue weighted by molar-refractivity contribution is 5.90. The average molecular weight is 356 g/mol. The van der Waals surface area contributed by atoms with E-state index in [2.05, 4.69) is 23.3 Å². The number of amides is 1. The lowest BCUT2D eigenvalue weighted by atomic mass is 10.00. The minimum atomic E-state index is -0.504. The molecule has 2 aromatic rings. The van der Waals surface area contributed by atoms with Crippen LogP contribution in [0.1, 0.15) is 44.9 Å². The number of ether oxygens (including phenoxy) is 2. The van der Waals surface area contributed by atoms with Crippen LogP contribution < -0.4 is 0 Å². The molecule has 2 heterocycles. The van der Waals surface area contributed by atoms with Gasteiger partial charge in [0.05, 0.1) is 17.8 Å². The highest BCUT2D eigenvalue weighted by atomic mass is 16.6. The van der Waals surface area contributed by atoms with Crippen molar-refractivity contribution in [3.05, 3.63) is 42.1 Å². The van der Waals surface area contributed by atoms with Gasteiger partial charge >= 0.3 is 6.09 Å². The molecule has 0 unspecified atom stereocenters. The summed E-state index contributed by atoms with van der Waals surface area (Å²) in [6.07, 6.45) is 1.44. The number of nitrogens with zero attached hydrogens (tertiary/aromatic N) is 2. The monoisotopic (exact) mass is 356 g/mol. The molecule has 1 aromatic carbocycles. The van der Waals surface area contributed by atoms with Gasteiger partial charge in [-0.25, -0.2) is 4.79 Å². The highest BCUT2D eigenvalue weighted by Gasteiger charge is 2.28. The van der Waals surface area contributed by atoms with Crippen molar-refractivity contribution in [2.24, 2.45) is 0 Å². The number of methoxy groups -OCH3 is 1. The largest absolute Gasteiger partial charge is 0.444 e. The molecule has 0 atom stereocenters. The number of benzene rings is 1. The number of allylic oxidation sites excluding steroid dienone is 1. The van der Waals surface area contributed by atoms with Crippen LogP contribution in [-0.4, -0.2) is 34.8 Å². The molecule has 5 heteroatoms. The number of carbonyl (C=O) groups is 1. The molecule has 1 aliphatic heterocycles. The van der Waals surface area contributed by atoms with Crippen molar-refractivity contribution < 1.29 is 14.3 Å². The highest BCUT2D eigenvalue weighted by Crippen LogP contribution is 2.35. The quantitative estimate of drug-likeness (QED) is 0.777. The Morgan fingerprint density at radius 3 is 2.69 bits per heavy atom. The molecule has 140 valence electrons. The Bertz CT molecular complexity index is 830. The van der Waals surface area contributed by atoms with Crippen LogP contribution in [0.5, 0.6) is 0 Å². The Morgan fingerprint density at radius 2 is 2.00 bits per heavy atom. The Kier molecular flexibility index (Phi) is 5.10. The predicted molar refractivity (Wildman–Crippen MR) is 104 cm³/mol. The van der Waals surface area contributed by atoms with Crippen molar-refractivity contribution in [2.45, 2.75) is 52.5 Å². The number of hydrogen-bond acceptors (Lipinski definition) is 3. The van der Waals surface area contributed by atoms with Gasteiger partial charge in [0.1, 0.15) is 12.3 Å². The molecule has 0 saturated carbocycles. The van der Waals surface area contributed by atoms with Crippen LogP contribution in [-0.2, 0) is 22.7 Å². The van der Waals surface area contributed by atoms with Gasteiger partial charge in [0.25, 0.3) is 0 Å². The van der Waals surface area contributed by atoms with E-state index in [0.29, 0.717) is 19.8 Å². The zero-order chi connectivity index (χ0) is 18.9. The van der Waals surface area contributed by atoms with Crippen LogP contribution in [0.15, 0.2) is 30.8 Å². The van der Waals surface area contributed by atoms with Crippen molar-refractivity contribution in [3.63, 3.8) is 0 Å². The summed E-state index contributed by atoms with van der Waals surface area (Å²) in [5, 5.41) is 1.14. The van der Waals surface area contributed by atoms with E-state index in [1.54, 1.807) is 12.0 Å². The van der Waals surface area contributed by atoms with Gasteiger partial charge in [0.2, 0.25) is 0 Å². The van der Waals surface area contributed by atoms with Gasteiger partial charge in [0, 0.05) is 24.6 Å². The van der Waals surface area contributed by atoms with E-state index in [9.17, 15) is 4.79 Å². The molecule has 0 fully saturated rings.